The quantitative estimate of drug-likeness (QED) is 0.901. The number of phenols is 1. The van der Waals surface area contributed by atoms with E-state index in [1.165, 1.54) is 42.5 Å². The van der Waals surface area contributed by atoms with Crippen LogP contribution in [0.3, 0.4) is 0 Å². The van der Waals surface area contributed by atoms with Crippen LogP contribution in [0.5, 0.6) is 5.75 Å². The van der Waals surface area contributed by atoms with Gasteiger partial charge in [-0.3, -0.25) is 0 Å². The number of aromatic hydroxyl groups is 1. The average Bonchev–Trinajstić information content (AvgIpc) is 2.38. The van der Waals surface area contributed by atoms with E-state index in [0.717, 1.165) is 6.07 Å². The lowest BCUT2D eigenvalue weighted by Gasteiger charge is -2.07. The van der Waals surface area contributed by atoms with Crippen molar-refractivity contribution in [3.05, 3.63) is 59.9 Å². The number of halogens is 1. The Morgan fingerprint density at radius 3 is 2.42 bits per heavy atom. The lowest BCUT2D eigenvalue weighted by atomic mass is 10.2. The fourth-order valence-corrected chi connectivity index (χ4v) is 2.57. The fraction of sp³-hybridized carbons (Fsp3) is 0.0769. The summed E-state index contributed by atoms with van der Waals surface area (Å²) in [6, 6.07) is 10.9. The molecule has 6 heteroatoms. The second-order valence-electron chi connectivity index (χ2n) is 3.95. The third-order valence-corrected chi connectivity index (χ3v) is 3.91. The van der Waals surface area contributed by atoms with Crippen molar-refractivity contribution < 1.29 is 17.9 Å². The van der Waals surface area contributed by atoms with Gasteiger partial charge < -0.3 is 5.11 Å². The summed E-state index contributed by atoms with van der Waals surface area (Å²) in [4.78, 5) is -0.0189. The van der Waals surface area contributed by atoms with E-state index < -0.39 is 10.0 Å². The second kappa shape index (κ2) is 5.38. The SMILES string of the molecule is O=S(=O)(NCc1ccc(F)cc1)c1cccc(O)c1. The molecule has 4 nitrogen and oxygen atoms in total. The number of phenolic OH excluding ortho intramolecular Hbond substituents is 1. The molecule has 0 aliphatic carbocycles. The van der Waals surface area contributed by atoms with Crippen molar-refractivity contribution in [2.75, 3.05) is 0 Å². The number of benzene rings is 2. The van der Waals surface area contributed by atoms with Crippen molar-refractivity contribution in [1.29, 1.82) is 0 Å². The lowest BCUT2D eigenvalue weighted by molar-refractivity contribution is 0.473. The molecule has 2 N–H and O–H groups in total. The van der Waals surface area contributed by atoms with Crippen LogP contribution in [0.2, 0.25) is 0 Å². The highest BCUT2D eigenvalue weighted by Gasteiger charge is 2.13. The van der Waals surface area contributed by atoms with Gasteiger partial charge in [0.2, 0.25) is 10.0 Å². The average molecular weight is 281 g/mol. The Kier molecular flexibility index (Phi) is 3.82. The van der Waals surface area contributed by atoms with Crippen LogP contribution in [0.25, 0.3) is 0 Å². The Morgan fingerprint density at radius 2 is 1.79 bits per heavy atom. The van der Waals surface area contributed by atoms with E-state index in [4.69, 9.17) is 0 Å². The highest BCUT2D eigenvalue weighted by atomic mass is 32.2. The Balaban J connectivity index is 2.12. The van der Waals surface area contributed by atoms with Crippen LogP contribution in [0.4, 0.5) is 4.39 Å². The molecule has 0 radical (unpaired) electrons. The molecule has 0 saturated heterocycles. The van der Waals surface area contributed by atoms with E-state index in [1.807, 2.05) is 0 Å². The van der Waals surface area contributed by atoms with Crippen molar-refractivity contribution in [3.63, 3.8) is 0 Å². The topological polar surface area (TPSA) is 66.4 Å². The minimum atomic E-state index is -3.69. The van der Waals surface area contributed by atoms with Crippen molar-refractivity contribution in [2.45, 2.75) is 11.4 Å². The van der Waals surface area contributed by atoms with Crippen LogP contribution in [-0.2, 0) is 16.6 Å². The molecule has 2 aromatic rings. The summed E-state index contributed by atoms with van der Waals surface area (Å²) < 4.78 is 38.9. The van der Waals surface area contributed by atoms with Gasteiger partial charge in [-0.1, -0.05) is 18.2 Å². The third-order valence-electron chi connectivity index (χ3n) is 2.51. The van der Waals surface area contributed by atoms with Crippen LogP contribution in [0, 0.1) is 5.82 Å². The predicted octanol–water partition coefficient (Wildman–Crippen LogP) is 2.01. The van der Waals surface area contributed by atoms with Crippen LogP contribution in [0.1, 0.15) is 5.56 Å². The summed E-state index contributed by atoms with van der Waals surface area (Å²) in [6.45, 7) is 0.0538. The van der Waals surface area contributed by atoms with Crippen molar-refractivity contribution in [2.24, 2.45) is 0 Å². The first kappa shape index (κ1) is 13.5. The highest BCUT2D eigenvalue weighted by molar-refractivity contribution is 7.89. The number of hydrogen-bond acceptors (Lipinski definition) is 3. The molecule has 0 saturated carbocycles. The molecule has 19 heavy (non-hydrogen) atoms. The van der Waals surface area contributed by atoms with E-state index in [0.29, 0.717) is 5.56 Å². The van der Waals surface area contributed by atoms with Gasteiger partial charge in [-0.05, 0) is 35.9 Å². The zero-order valence-electron chi connectivity index (χ0n) is 9.88. The highest BCUT2D eigenvalue weighted by Crippen LogP contribution is 2.16. The molecule has 0 aromatic heterocycles. The van der Waals surface area contributed by atoms with Gasteiger partial charge in [0.25, 0.3) is 0 Å². The number of sulfonamides is 1. The summed E-state index contributed by atoms with van der Waals surface area (Å²) >= 11 is 0. The molecule has 0 aliphatic heterocycles. The summed E-state index contributed by atoms with van der Waals surface area (Å²) in [5.74, 6) is -0.496. The van der Waals surface area contributed by atoms with E-state index >= 15 is 0 Å². The van der Waals surface area contributed by atoms with Gasteiger partial charge in [0.15, 0.2) is 0 Å². The van der Waals surface area contributed by atoms with Gasteiger partial charge >= 0.3 is 0 Å². The first-order valence-corrected chi connectivity index (χ1v) is 6.99. The molecular formula is C13H12FNO3S. The molecule has 100 valence electrons. The summed E-state index contributed by atoms with van der Waals surface area (Å²) in [5, 5.41) is 9.26. The maximum absolute atomic E-state index is 12.7. The van der Waals surface area contributed by atoms with Crippen LogP contribution in [-0.4, -0.2) is 13.5 Å². The summed E-state index contributed by atoms with van der Waals surface area (Å²) in [6.07, 6.45) is 0. The molecule has 2 aromatic carbocycles. The number of hydrogen-bond donors (Lipinski definition) is 2. The van der Waals surface area contributed by atoms with E-state index in [2.05, 4.69) is 4.72 Å². The van der Waals surface area contributed by atoms with Gasteiger partial charge in [-0.2, -0.15) is 0 Å². The zero-order valence-corrected chi connectivity index (χ0v) is 10.7. The molecule has 0 unspecified atom stereocenters. The molecule has 0 atom stereocenters. The van der Waals surface area contributed by atoms with E-state index in [9.17, 15) is 17.9 Å². The minimum absolute atomic E-state index is 0.0189. The monoisotopic (exact) mass is 281 g/mol. The zero-order chi connectivity index (χ0) is 13.9. The van der Waals surface area contributed by atoms with Gasteiger partial charge in [0, 0.05) is 6.54 Å². The van der Waals surface area contributed by atoms with Crippen LogP contribution >= 0.6 is 0 Å². The van der Waals surface area contributed by atoms with Gasteiger partial charge in [0.1, 0.15) is 11.6 Å². The van der Waals surface area contributed by atoms with Crippen LogP contribution < -0.4 is 4.72 Å². The van der Waals surface area contributed by atoms with E-state index in [1.54, 1.807) is 0 Å². The smallest absolute Gasteiger partial charge is 0.241 e. The molecule has 0 fully saturated rings. The normalized spacial score (nSPS) is 11.4. The number of nitrogens with one attached hydrogen (secondary N) is 1. The van der Waals surface area contributed by atoms with E-state index in [-0.39, 0.29) is 23.0 Å². The Morgan fingerprint density at radius 1 is 1.11 bits per heavy atom. The Hall–Kier alpha value is -1.92. The Bertz CT molecular complexity index is 669. The van der Waals surface area contributed by atoms with Crippen molar-refractivity contribution in [3.8, 4) is 5.75 Å². The van der Waals surface area contributed by atoms with Crippen molar-refractivity contribution in [1.82, 2.24) is 4.72 Å². The number of rotatable bonds is 4. The third kappa shape index (κ3) is 3.52. The fourth-order valence-electron chi connectivity index (χ4n) is 1.51. The second-order valence-corrected chi connectivity index (χ2v) is 5.72. The largest absolute Gasteiger partial charge is 0.508 e. The van der Waals surface area contributed by atoms with Gasteiger partial charge in [-0.25, -0.2) is 17.5 Å². The Labute approximate surface area is 110 Å². The predicted molar refractivity (Wildman–Crippen MR) is 68.5 cm³/mol. The standard InChI is InChI=1S/C13H12FNO3S/c14-11-6-4-10(5-7-11)9-15-19(17,18)13-3-1-2-12(16)8-13/h1-8,15-16H,9H2. The maximum Gasteiger partial charge on any atom is 0.241 e. The van der Waals surface area contributed by atoms with Crippen molar-refractivity contribution >= 4 is 10.0 Å². The van der Waals surface area contributed by atoms with Gasteiger partial charge in [0.05, 0.1) is 4.90 Å². The minimum Gasteiger partial charge on any atom is -0.508 e. The first-order chi connectivity index (χ1) is 8.97. The molecule has 0 aliphatic rings. The molecule has 0 bridgehead atoms. The lowest BCUT2D eigenvalue weighted by Crippen LogP contribution is -2.23. The molecular weight excluding hydrogens is 269 g/mol. The first-order valence-electron chi connectivity index (χ1n) is 5.50. The molecule has 0 amide bonds. The van der Waals surface area contributed by atoms with Crippen LogP contribution in [0.15, 0.2) is 53.4 Å². The molecule has 0 spiro atoms. The summed E-state index contributed by atoms with van der Waals surface area (Å²) in [7, 11) is -3.69. The summed E-state index contributed by atoms with van der Waals surface area (Å²) in [5.41, 5.74) is 0.644. The molecule has 2 rings (SSSR count). The maximum atomic E-state index is 12.7. The molecule has 0 heterocycles. The van der Waals surface area contributed by atoms with Gasteiger partial charge in [-0.15, -0.1) is 0 Å².